The zero-order valence-corrected chi connectivity index (χ0v) is 14.3. The van der Waals surface area contributed by atoms with Gasteiger partial charge >= 0.3 is 0 Å². The molecule has 2 aromatic rings. The van der Waals surface area contributed by atoms with E-state index in [1.807, 2.05) is 31.2 Å². The van der Waals surface area contributed by atoms with Crippen molar-refractivity contribution in [1.82, 2.24) is 0 Å². The summed E-state index contributed by atoms with van der Waals surface area (Å²) in [4.78, 5) is 25.6. The fraction of sp³-hybridized carbons (Fsp3) is 0.176. The Labute approximate surface area is 145 Å². The third-order valence-corrected chi connectivity index (χ3v) is 4.03. The van der Waals surface area contributed by atoms with Crippen molar-refractivity contribution in [2.24, 2.45) is 0 Å². The van der Waals surface area contributed by atoms with Gasteiger partial charge < -0.3 is 10.2 Å². The Balaban J connectivity index is 2.14. The van der Waals surface area contributed by atoms with Gasteiger partial charge in [-0.05, 0) is 36.8 Å². The second-order valence-corrected chi connectivity index (χ2v) is 5.88. The summed E-state index contributed by atoms with van der Waals surface area (Å²) < 4.78 is 0. The molecule has 0 bridgehead atoms. The molecule has 23 heavy (non-hydrogen) atoms. The van der Waals surface area contributed by atoms with E-state index in [1.54, 1.807) is 18.2 Å². The van der Waals surface area contributed by atoms with Crippen molar-refractivity contribution in [3.8, 4) is 0 Å². The van der Waals surface area contributed by atoms with E-state index in [0.29, 0.717) is 21.4 Å². The van der Waals surface area contributed by atoms with Crippen molar-refractivity contribution < 1.29 is 9.59 Å². The zero-order chi connectivity index (χ0) is 17.0. The maximum atomic E-state index is 12.2. The minimum atomic E-state index is -0.318. The molecule has 0 saturated carbocycles. The van der Waals surface area contributed by atoms with Gasteiger partial charge in [0.15, 0.2) is 0 Å². The van der Waals surface area contributed by atoms with Crippen LogP contribution in [0.3, 0.4) is 0 Å². The van der Waals surface area contributed by atoms with Crippen LogP contribution in [0.15, 0.2) is 42.5 Å². The number of anilines is 2. The highest BCUT2D eigenvalue weighted by Gasteiger charge is 2.17. The summed E-state index contributed by atoms with van der Waals surface area (Å²) in [5.41, 5.74) is 2.16. The number of rotatable bonds is 4. The Morgan fingerprint density at radius 1 is 1.09 bits per heavy atom. The molecule has 120 valence electrons. The van der Waals surface area contributed by atoms with Gasteiger partial charge in [-0.15, -0.1) is 0 Å². The molecular weight excluding hydrogens is 335 g/mol. The molecule has 0 aromatic heterocycles. The monoisotopic (exact) mass is 350 g/mol. The van der Waals surface area contributed by atoms with Crippen LogP contribution < -0.4 is 10.2 Å². The predicted octanol–water partition coefficient (Wildman–Crippen LogP) is 4.29. The first-order valence-corrected chi connectivity index (χ1v) is 7.72. The molecule has 0 saturated heterocycles. The van der Waals surface area contributed by atoms with Gasteiger partial charge in [-0.3, -0.25) is 9.59 Å². The molecular formula is C17H16Cl2N2O2. The molecule has 2 amide bonds. The van der Waals surface area contributed by atoms with Gasteiger partial charge in [0.2, 0.25) is 11.8 Å². The van der Waals surface area contributed by atoms with Gasteiger partial charge in [-0.1, -0.05) is 41.4 Å². The molecule has 0 aliphatic carbocycles. The normalized spacial score (nSPS) is 10.3. The quantitative estimate of drug-likeness (QED) is 0.893. The highest BCUT2D eigenvalue weighted by atomic mass is 35.5. The van der Waals surface area contributed by atoms with Crippen molar-refractivity contribution in [2.75, 3.05) is 16.8 Å². The second-order valence-electron chi connectivity index (χ2n) is 5.07. The lowest BCUT2D eigenvalue weighted by Crippen LogP contribution is -2.37. The van der Waals surface area contributed by atoms with Gasteiger partial charge in [0.05, 0.1) is 10.0 Å². The van der Waals surface area contributed by atoms with Crippen molar-refractivity contribution in [1.29, 1.82) is 0 Å². The average Bonchev–Trinajstić information content (AvgIpc) is 2.49. The van der Waals surface area contributed by atoms with E-state index in [1.165, 1.54) is 11.8 Å². The number of carbonyl (C=O) groups is 2. The smallest absolute Gasteiger partial charge is 0.244 e. The first-order chi connectivity index (χ1) is 10.9. The van der Waals surface area contributed by atoms with Crippen molar-refractivity contribution in [3.05, 3.63) is 58.1 Å². The third-order valence-electron chi connectivity index (χ3n) is 3.29. The van der Waals surface area contributed by atoms with Crippen molar-refractivity contribution >= 4 is 46.4 Å². The lowest BCUT2D eigenvalue weighted by Gasteiger charge is -2.22. The van der Waals surface area contributed by atoms with Gasteiger partial charge in [-0.25, -0.2) is 0 Å². The Morgan fingerprint density at radius 3 is 2.39 bits per heavy atom. The van der Waals surface area contributed by atoms with Crippen LogP contribution >= 0.6 is 23.2 Å². The number of nitrogens with one attached hydrogen (secondary N) is 1. The summed E-state index contributed by atoms with van der Waals surface area (Å²) in [6, 6.07) is 12.2. The van der Waals surface area contributed by atoms with Crippen molar-refractivity contribution in [2.45, 2.75) is 13.8 Å². The molecule has 0 spiro atoms. The van der Waals surface area contributed by atoms with Gasteiger partial charge in [0, 0.05) is 18.3 Å². The molecule has 0 aliphatic heterocycles. The highest BCUT2D eigenvalue weighted by Crippen LogP contribution is 2.25. The molecule has 1 N–H and O–H groups in total. The second kappa shape index (κ2) is 7.49. The first kappa shape index (κ1) is 17.3. The lowest BCUT2D eigenvalue weighted by atomic mass is 10.2. The number of hydrogen-bond acceptors (Lipinski definition) is 2. The molecule has 6 heteroatoms. The topological polar surface area (TPSA) is 49.4 Å². The summed E-state index contributed by atoms with van der Waals surface area (Å²) in [6.07, 6.45) is 0. The highest BCUT2D eigenvalue weighted by molar-refractivity contribution is 6.42. The lowest BCUT2D eigenvalue weighted by molar-refractivity contribution is -0.120. The maximum absolute atomic E-state index is 12.2. The Bertz CT molecular complexity index is 747. The Morgan fingerprint density at radius 2 is 1.78 bits per heavy atom. The number of carbonyl (C=O) groups excluding carboxylic acids is 2. The number of aryl methyl sites for hydroxylation is 1. The number of amides is 2. The summed E-state index contributed by atoms with van der Waals surface area (Å²) in [5.74, 6) is -0.523. The molecule has 0 fully saturated rings. The maximum Gasteiger partial charge on any atom is 0.244 e. The van der Waals surface area contributed by atoms with Gasteiger partial charge in [0.1, 0.15) is 6.54 Å². The third kappa shape index (κ3) is 4.47. The van der Waals surface area contributed by atoms with Gasteiger partial charge in [0.25, 0.3) is 0 Å². The van der Waals surface area contributed by atoms with E-state index in [0.717, 1.165) is 5.56 Å². The van der Waals surface area contributed by atoms with Crippen LogP contribution in [0.25, 0.3) is 0 Å². The van der Waals surface area contributed by atoms with E-state index < -0.39 is 0 Å². The number of para-hydroxylation sites is 1. The van der Waals surface area contributed by atoms with E-state index in [4.69, 9.17) is 23.2 Å². The van der Waals surface area contributed by atoms with Gasteiger partial charge in [-0.2, -0.15) is 0 Å². The van der Waals surface area contributed by atoms with Crippen LogP contribution in [0.1, 0.15) is 12.5 Å². The summed E-state index contributed by atoms with van der Waals surface area (Å²) in [7, 11) is 0. The van der Waals surface area contributed by atoms with E-state index >= 15 is 0 Å². The van der Waals surface area contributed by atoms with Crippen LogP contribution in [-0.4, -0.2) is 18.4 Å². The van der Waals surface area contributed by atoms with Crippen LogP contribution in [0.4, 0.5) is 11.4 Å². The van der Waals surface area contributed by atoms with Crippen LogP contribution in [0.2, 0.25) is 10.0 Å². The van der Waals surface area contributed by atoms with E-state index in [-0.39, 0.29) is 18.4 Å². The first-order valence-electron chi connectivity index (χ1n) is 6.97. The van der Waals surface area contributed by atoms with E-state index in [2.05, 4.69) is 5.32 Å². The fourth-order valence-electron chi connectivity index (χ4n) is 2.15. The number of hydrogen-bond donors (Lipinski definition) is 1. The standard InChI is InChI=1S/C17H16Cl2N2O2/c1-11-5-3-4-6-16(11)21(12(2)22)10-17(23)20-13-7-8-14(18)15(19)9-13/h3-9H,10H2,1-2H3,(H,20,23). The molecule has 0 atom stereocenters. The molecule has 2 aromatic carbocycles. The largest absolute Gasteiger partial charge is 0.324 e. The SMILES string of the molecule is CC(=O)N(CC(=O)Nc1ccc(Cl)c(Cl)c1)c1ccccc1C. The van der Waals surface area contributed by atoms with Crippen molar-refractivity contribution in [3.63, 3.8) is 0 Å². The number of nitrogens with zero attached hydrogens (tertiary/aromatic N) is 1. The molecule has 4 nitrogen and oxygen atoms in total. The molecule has 2 rings (SSSR count). The Kier molecular flexibility index (Phi) is 5.64. The molecule has 0 unspecified atom stereocenters. The fourth-order valence-corrected chi connectivity index (χ4v) is 2.45. The molecule has 0 heterocycles. The predicted molar refractivity (Wildman–Crippen MR) is 94.3 cm³/mol. The molecule has 0 aliphatic rings. The minimum Gasteiger partial charge on any atom is -0.324 e. The number of benzene rings is 2. The van der Waals surface area contributed by atoms with E-state index in [9.17, 15) is 9.59 Å². The number of halogens is 2. The summed E-state index contributed by atoms with van der Waals surface area (Å²) >= 11 is 11.8. The summed E-state index contributed by atoms with van der Waals surface area (Å²) in [6.45, 7) is 3.24. The average molecular weight is 351 g/mol. The Hall–Kier alpha value is -2.04. The van der Waals surface area contributed by atoms with Crippen LogP contribution in [-0.2, 0) is 9.59 Å². The minimum absolute atomic E-state index is 0.0829. The summed E-state index contributed by atoms with van der Waals surface area (Å²) in [5, 5.41) is 3.47. The molecule has 0 radical (unpaired) electrons. The van der Waals surface area contributed by atoms with Crippen LogP contribution in [0.5, 0.6) is 0 Å². The van der Waals surface area contributed by atoms with Crippen LogP contribution in [0, 0.1) is 6.92 Å². The zero-order valence-electron chi connectivity index (χ0n) is 12.8.